The van der Waals surface area contributed by atoms with Crippen molar-refractivity contribution < 1.29 is 48.3 Å². The van der Waals surface area contributed by atoms with Crippen LogP contribution in [0.5, 0.6) is 0 Å². The molecule has 0 aliphatic carbocycles. The van der Waals surface area contributed by atoms with Crippen molar-refractivity contribution >= 4 is 64.9 Å². The zero-order chi connectivity index (χ0) is 65.3. The lowest BCUT2D eigenvalue weighted by Gasteiger charge is -2.14. The minimum Gasteiger partial charge on any atom is -0.455 e. The van der Waals surface area contributed by atoms with Crippen LogP contribution in [0, 0.1) is 0 Å². The lowest BCUT2D eigenvalue weighted by Crippen LogP contribution is -1.91. The molecule has 3 heterocycles. The van der Waals surface area contributed by atoms with E-state index < -0.39 is 315 Å². The summed E-state index contributed by atoms with van der Waals surface area (Å²) in [5, 5.41) is -6.06. The Morgan fingerprint density at radius 2 is 0.877 bits per heavy atom. The molecule has 57 heavy (non-hydrogen) atoms. The molecule has 0 saturated heterocycles. The van der Waals surface area contributed by atoms with E-state index in [-0.39, 0.29) is 0 Å². The van der Waals surface area contributed by atoms with Gasteiger partial charge in [-0.05, 0) is 78.4 Å². The lowest BCUT2D eigenvalue weighted by molar-refractivity contribution is 0.600. The Balaban J connectivity index is 1.39. The van der Waals surface area contributed by atoms with Gasteiger partial charge in [0.25, 0.3) is 0 Å². The van der Waals surface area contributed by atoms with Gasteiger partial charge in [-0.3, -0.25) is 4.98 Å². The molecule has 3 heteroatoms. The molecule has 0 radical (unpaired) electrons. The first-order chi connectivity index (χ1) is 41.6. The molecule has 3 nitrogen and oxygen atoms in total. The van der Waals surface area contributed by atoms with Crippen LogP contribution in [0.4, 0.5) is 0 Å². The van der Waals surface area contributed by atoms with Gasteiger partial charge in [-0.25, -0.2) is 4.98 Å². The topological polar surface area (TPSA) is 38.9 Å². The second-order valence-corrected chi connectivity index (χ2v) is 12.4. The van der Waals surface area contributed by atoms with Crippen molar-refractivity contribution in [3.05, 3.63) is 193 Å². The van der Waals surface area contributed by atoms with Crippen LogP contribution in [0.25, 0.3) is 121 Å². The van der Waals surface area contributed by atoms with Crippen LogP contribution in [0.15, 0.2) is 198 Å². The Morgan fingerprint density at radius 1 is 0.368 bits per heavy atom. The first-order valence-corrected chi connectivity index (χ1v) is 16.8. The maximum atomic E-state index is 10.1. The van der Waals surface area contributed by atoms with Crippen molar-refractivity contribution in [2.24, 2.45) is 0 Å². The third kappa shape index (κ3) is 4.86. The molecule has 0 aliphatic heterocycles. The van der Waals surface area contributed by atoms with Crippen LogP contribution in [0.2, 0.25) is 0 Å². The zero-order valence-electron chi connectivity index (χ0n) is 60.3. The number of benzene rings is 9. The summed E-state index contributed by atoms with van der Waals surface area (Å²) in [5.41, 5.74) is -8.65. The van der Waals surface area contributed by atoms with Gasteiger partial charge in [0, 0.05) is 44.8 Å². The highest BCUT2D eigenvalue weighted by Crippen LogP contribution is 2.52. The van der Waals surface area contributed by atoms with Crippen molar-refractivity contribution in [3.8, 4) is 56.2 Å². The number of nitrogens with zero attached hydrogens (tertiary/aromatic N) is 2. The molecule has 3 aromatic heterocycles. The second kappa shape index (κ2) is 12.5. The molecule has 264 valence electrons. The van der Waals surface area contributed by atoms with Crippen molar-refractivity contribution in [1.29, 1.82) is 0 Å². The van der Waals surface area contributed by atoms with E-state index in [0.29, 0.717) is 0 Å². The maximum Gasteiger partial charge on any atom is 0.143 e. The van der Waals surface area contributed by atoms with Gasteiger partial charge >= 0.3 is 0 Å². The molecule has 12 rings (SSSR count). The molecule has 0 saturated carbocycles. The average molecular weight is 757 g/mol. The monoisotopic (exact) mass is 756 g/mol. The summed E-state index contributed by atoms with van der Waals surface area (Å²) in [6.07, 6.45) is -0.826. The largest absolute Gasteiger partial charge is 0.455 e. The molecule has 0 fully saturated rings. The maximum absolute atomic E-state index is 10.1. The zero-order valence-corrected chi connectivity index (χ0v) is 28.3. The molecule has 0 bridgehead atoms. The quantitative estimate of drug-likeness (QED) is 0.164. The molecule has 0 atom stereocenters. The fourth-order valence-corrected chi connectivity index (χ4v) is 6.96. The smallest absolute Gasteiger partial charge is 0.143 e. The second-order valence-electron chi connectivity index (χ2n) is 12.4. The highest BCUT2D eigenvalue weighted by molar-refractivity contribution is 6.26. The van der Waals surface area contributed by atoms with Gasteiger partial charge in [0.15, 0.2) is 0 Å². The van der Waals surface area contributed by atoms with Crippen LogP contribution in [0.3, 0.4) is 0 Å². The fraction of sp³-hybridized carbons (Fsp3) is 0. The molecule has 0 amide bonds. The Morgan fingerprint density at radius 3 is 1.60 bits per heavy atom. The minimum atomic E-state index is -1.23. The molecular formula is C54H32N2O. The van der Waals surface area contributed by atoms with Crippen molar-refractivity contribution in [2.75, 3.05) is 0 Å². The predicted molar refractivity (Wildman–Crippen MR) is 238 cm³/mol. The first-order valence-electron chi connectivity index (χ1n) is 32.8. The van der Waals surface area contributed by atoms with E-state index in [1.807, 2.05) is 0 Å². The van der Waals surface area contributed by atoms with E-state index in [1.165, 1.54) is 0 Å². The van der Waals surface area contributed by atoms with E-state index in [0.717, 1.165) is 0 Å². The normalized spacial score (nSPS) is 19.7. The summed E-state index contributed by atoms with van der Waals surface area (Å²) in [6, 6.07) is -30.9. The van der Waals surface area contributed by atoms with Crippen molar-refractivity contribution in [1.82, 2.24) is 9.97 Å². The summed E-state index contributed by atoms with van der Waals surface area (Å²) in [6.45, 7) is 0. The first kappa shape index (κ1) is 13.5. The Labute approximate surface area is 373 Å². The number of aromatic nitrogens is 2. The van der Waals surface area contributed by atoms with Crippen LogP contribution in [-0.2, 0) is 0 Å². The molecule has 0 spiro atoms. The van der Waals surface area contributed by atoms with Crippen molar-refractivity contribution in [2.45, 2.75) is 0 Å². The van der Waals surface area contributed by atoms with Gasteiger partial charge in [0.2, 0.25) is 0 Å². The number of rotatable bonds is 5. The van der Waals surface area contributed by atoms with Gasteiger partial charge in [-0.2, -0.15) is 0 Å². The number of furan rings is 1. The van der Waals surface area contributed by atoms with Crippen LogP contribution >= 0.6 is 0 Å². The van der Waals surface area contributed by atoms with Gasteiger partial charge in [-0.1, -0.05) is 163 Å². The third-order valence-electron chi connectivity index (χ3n) is 9.36. The van der Waals surface area contributed by atoms with Crippen LogP contribution < -0.4 is 0 Å². The Hall–Kier alpha value is -7.62. The summed E-state index contributed by atoms with van der Waals surface area (Å²) < 4.78 is 300. The highest BCUT2D eigenvalue weighted by atomic mass is 16.3. The van der Waals surface area contributed by atoms with E-state index in [1.54, 1.807) is 0 Å². The van der Waals surface area contributed by atoms with E-state index in [4.69, 9.17) is 27.7 Å². The third-order valence-corrected chi connectivity index (χ3v) is 9.36. The fourth-order valence-electron chi connectivity index (χ4n) is 6.96. The van der Waals surface area contributed by atoms with E-state index in [2.05, 4.69) is 9.97 Å². The Bertz CT molecular complexity index is 5330. The van der Waals surface area contributed by atoms with Gasteiger partial charge in [0.05, 0.1) is 60.6 Å². The van der Waals surface area contributed by atoms with Gasteiger partial charge in [-0.15, -0.1) is 0 Å². The highest BCUT2D eigenvalue weighted by Gasteiger charge is 2.28. The average Bonchev–Trinajstić information content (AvgIpc) is 1.60. The minimum absolute atomic E-state index is 0.416. The van der Waals surface area contributed by atoms with Crippen molar-refractivity contribution in [3.63, 3.8) is 0 Å². The van der Waals surface area contributed by atoms with Crippen LogP contribution in [0.1, 0.15) is 43.9 Å². The summed E-state index contributed by atoms with van der Waals surface area (Å²) >= 11 is 0. The van der Waals surface area contributed by atoms with Crippen LogP contribution in [-0.4, -0.2) is 9.97 Å². The lowest BCUT2D eigenvalue weighted by atomic mass is 9.87. The van der Waals surface area contributed by atoms with Gasteiger partial charge < -0.3 is 4.42 Å². The number of fused-ring (bicyclic) bond motifs is 4. The van der Waals surface area contributed by atoms with Gasteiger partial charge in [0.1, 0.15) is 11.5 Å². The predicted octanol–water partition coefficient (Wildman–Crippen LogP) is 14.8. The summed E-state index contributed by atoms with van der Waals surface area (Å²) in [4.78, 5) is 8.53. The summed E-state index contributed by atoms with van der Waals surface area (Å²) in [7, 11) is 0. The molecule has 0 aliphatic rings. The SMILES string of the molecule is [2H]c1nc2c(c([2H])c1[2H])c([2H])c([2H])c1c([2H])c([2H])c(-c3c([2H])c([2H])c(-c4oc(-c5c([2H])c([2H])c6c([2H])c([2H])c7c([2H])c([2H])c([2H])c8c([2H])c([2H])c5c6c78)c(-c5c([2H])c([2H])c([2H])c([2H])c5[2H])c4-c4c([2H])c([2H])c([2H])c([2H])c4[2H])c4c([2H])c([2H])c([2H])c([2H])c34)nc12. The molecule has 9 aromatic carbocycles. The number of pyridine rings is 2. The molecule has 0 unspecified atom stereocenters. The molecular weight excluding hydrogens is 693 g/mol. The standard InChI is InChI=1S/C54H32N2O/c1-3-11-33(12-4-1)49-50(34-13-5-2-6-14-34)54(45-28-25-37-21-20-35-15-9-16-36-24-27-43(45)48(37)47(35)36)57-53(49)44-30-29-42(40-18-7-8-19-41(40)44)46-31-26-39-23-22-38-17-10-32-55-51(38)52(39)56-46/h1-32H/i1D,2D,3D,4D,5D,6D,7D,8D,9D,10D,11D,12D,13D,14D,15D,16D,17D,18D,19D,20D,21D,22D,23D,24D,25D,26D,27D,28D,29D,30D,31D,32D. The van der Waals surface area contributed by atoms with E-state index >= 15 is 0 Å². The molecule has 12 aromatic rings. The summed E-state index contributed by atoms with van der Waals surface area (Å²) in [5.74, 6) is -2.18. The van der Waals surface area contributed by atoms with E-state index in [9.17, 15) is 20.6 Å². The Kier molecular flexibility index (Phi) is 2.96. The number of hydrogen-bond donors (Lipinski definition) is 0. The number of hydrogen-bond acceptors (Lipinski definition) is 3. The molecule has 0 N–H and O–H groups in total.